The maximum Gasteiger partial charge on any atom is 0.168 e. The van der Waals surface area contributed by atoms with Crippen molar-refractivity contribution >= 4 is 28.3 Å². The molecule has 1 aliphatic carbocycles. The van der Waals surface area contributed by atoms with Crippen molar-refractivity contribution in [3.63, 3.8) is 0 Å². The quantitative estimate of drug-likeness (QED) is 0.755. The monoisotopic (exact) mass is 289 g/mol. The van der Waals surface area contributed by atoms with E-state index in [0.717, 1.165) is 35.7 Å². The lowest BCUT2D eigenvalue weighted by Crippen LogP contribution is -2.34. The van der Waals surface area contributed by atoms with Crippen molar-refractivity contribution in [2.75, 3.05) is 0 Å². The summed E-state index contributed by atoms with van der Waals surface area (Å²) in [6.45, 7) is 4.44. The second kappa shape index (κ2) is 4.92. The summed E-state index contributed by atoms with van der Waals surface area (Å²) >= 11 is 6.17. The fourth-order valence-corrected chi connectivity index (χ4v) is 3.72. The molecule has 3 heteroatoms. The van der Waals surface area contributed by atoms with E-state index in [4.69, 9.17) is 11.6 Å². The number of rotatable bonds is 2. The number of hydrogen-bond donors (Lipinski definition) is 1. The van der Waals surface area contributed by atoms with Crippen molar-refractivity contribution in [1.82, 2.24) is 4.98 Å². The summed E-state index contributed by atoms with van der Waals surface area (Å²) in [6.07, 6.45) is 6.34. The molecule has 0 radical (unpaired) electrons. The van der Waals surface area contributed by atoms with Crippen LogP contribution in [-0.4, -0.2) is 10.8 Å². The molecule has 1 aromatic carbocycles. The van der Waals surface area contributed by atoms with Crippen molar-refractivity contribution in [3.8, 4) is 0 Å². The standard InChI is InChI=1S/C17H20ClNO/c1-17(2)9-4-3-7-13(17)16(20)12-10-19-15-11(12)6-5-8-14(15)18/h5-6,8,10,13,19H,3-4,7,9H2,1-2H3. The van der Waals surface area contributed by atoms with Crippen LogP contribution in [0.1, 0.15) is 49.9 Å². The van der Waals surface area contributed by atoms with Crippen LogP contribution in [-0.2, 0) is 0 Å². The van der Waals surface area contributed by atoms with Gasteiger partial charge in [-0.2, -0.15) is 0 Å². The summed E-state index contributed by atoms with van der Waals surface area (Å²) in [5, 5.41) is 1.62. The van der Waals surface area contributed by atoms with E-state index < -0.39 is 0 Å². The van der Waals surface area contributed by atoms with Crippen LogP contribution >= 0.6 is 11.6 Å². The normalized spacial score (nSPS) is 22.1. The Labute approximate surface area is 124 Å². The maximum atomic E-state index is 12.9. The van der Waals surface area contributed by atoms with Gasteiger partial charge in [-0.3, -0.25) is 4.79 Å². The molecule has 2 nitrogen and oxygen atoms in total. The van der Waals surface area contributed by atoms with Crippen LogP contribution in [0.5, 0.6) is 0 Å². The Morgan fingerprint density at radius 3 is 2.90 bits per heavy atom. The Kier molecular flexibility index (Phi) is 3.37. The molecular weight excluding hydrogens is 270 g/mol. The number of para-hydroxylation sites is 1. The molecule has 1 aromatic heterocycles. The number of aromatic amines is 1. The Morgan fingerprint density at radius 1 is 1.35 bits per heavy atom. The third-order valence-electron chi connectivity index (χ3n) is 4.75. The van der Waals surface area contributed by atoms with Gasteiger partial charge in [0.2, 0.25) is 0 Å². The van der Waals surface area contributed by atoms with Crippen LogP contribution in [0.15, 0.2) is 24.4 Å². The molecule has 0 amide bonds. The van der Waals surface area contributed by atoms with Gasteiger partial charge in [0.05, 0.1) is 10.5 Å². The highest BCUT2D eigenvalue weighted by molar-refractivity contribution is 6.35. The van der Waals surface area contributed by atoms with E-state index in [9.17, 15) is 4.79 Å². The first-order chi connectivity index (χ1) is 9.50. The zero-order valence-corrected chi connectivity index (χ0v) is 12.8. The number of H-pyrrole nitrogens is 1. The van der Waals surface area contributed by atoms with Crippen molar-refractivity contribution in [1.29, 1.82) is 0 Å². The van der Waals surface area contributed by atoms with Crippen molar-refractivity contribution in [2.24, 2.45) is 11.3 Å². The fraction of sp³-hybridized carbons (Fsp3) is 0.471. The van der Waals surface area contributed by atoms with Gasteiger partial charge < -0.3 is 4.98 Å². The highest BCUT2D eigenvalue weighted by Gasteiger charge is 2.38. The molecule has 2 aromatic rings. The second-order valence-electron chi connectivity index (χ2n) is 6.52. The zero-order valence-electron chi connectivity index (χ0n) is 12.0. The summed E-state index contributed by atoms with van der Waals surface area (Å²) in [5.74, 6) is 0.387. The molecule has 1 N–H and O–H groups in total. The van der Waals surface area contributed by atoms with Gasteiger partial charge in [-0.15, -0.1) is 0 Å². The first kappa shape index (κ1) is 13.7. The molecule has 1 saturated carbocycles. The molecule has 1 fully saturated rings. The van der Waals surface area contributed by atoms with Gasteiger partial charge in [0.1, 0.15) is 0 Å². The summed E-state index contributed by atoms with van der Waals surface area (Å²) < 4.78 is 0. The predicted octanol–water partition coefficient (Wildman–Crippen LogP) is 5.22. The number of carbonyl (C=O) groups excluding carboxylic acids is 1. The van der Waals surface area contributed by atoms with E-state index in [2.05, 4.69) is 18.8 Å². The Balaban J connectivity index is 2.02. The molecule has 1 atom stereocenters. The highest BCUT2D eigenvalue weighted by Crippen LogP contribution is 2.43. The number of ketones is 1. The smallest absolute Gasteiger partial charge is 0.168 e. The summed E-state index contributed by atoms with van der Waals surface area (Å²) in [7, 11) is 0. The predicted molar refractivity (Wildman–Crippen MR) is 83.4 cm³/mol. The van der Waals surface area contributed by atoms with Gasteiger partial charge in [0.15, 0.2) is 5.78 Å². The number of Topliss-reactive ketones (excluding diaryl/α,β-unsaturated/α-hetero) is 1. The van der Waals surface area contributed by atoms with E-state index >= 15 is 0 Å². The minimum atomic E-state index is 0.0947. The second-order valence-corrected chi connectivity index (χ2v) is 6.92. The molecule has 0 bridgehead atoms. The number of halogens is 1. The Hall–Kier alpha value is -1.28. The zero-order chi connectivity index (χ0) is 14.3. The van der Waals surface area contributed by atoms with E-state index in [1.807, 2.05) is 24.4 Å². The van der Waals surface area contributed by atoms with E-state index in [0.29, 0.717) is 5.02 Å². The Bertz CT molecular complexity index is 656. The summed E-state index contributed by atoms with van der Waals surface area (Å²) in [6, 6.07) is 5.72. The average molecular weight is 290 g/mol. The van der Waals surface area contributed by atoms with Gasteiger partial charge >= 0.3 is 0 Å². The van der Waals surface area contributed by atoms with Crippen LogP contribution in [0.3, 0.4) is 0 Å². The number of benzene rings is 1. The van der Waals surface area contributed by atoms with Crippen molar-refractivity contribution in [2.45, 2.75) is 39.5 Å². The maximum absolute atomic E-state index is 12.9. The van der Waals surface area contributed by atoms with Crippen LogP contribution in [0.4, 0.5) is 0 Å². The molecule has 20 heavy (non-hydrogen) atoms. The molecule has 1 aliphatic rings. The van der Waals surface area contributed by atoms with Gasteiger partial charge in [-0.25, -0.2) is 0 Å². The largest absolute Gasteiger partial charge is 0.359 e. The number of hydrogen-bond acceptors (Lipinski definition) is 1. The molecule has 1 unspecified atom stereocenters. The van der Waals surface area contributed by atoms with E-state index in [-0.39, 0.29) is 17.1 Å². The van der Waals surface area contributed by atoms with Gasteiger partial charge in [-0.1, -0.05) is 50.4 Å². The minimum absolute atomic E-state index is 0.0947. The SMILES string of the molecule is CC1(C)CCCCC1C(=O)c1c[nH]c2c(Cl)cccc12. The van der Waals surface area contributed by atoms with Crippen LogP contribution in [0, 0.1) is 11.3 Å². The van der Waals surface area contributed by atoms with Gasteiger partial charge in [0, 0.05) is 23.1 Å². The molecule has 0 aliphatic heterocycles. The molecule has 0 spiro atoms. The molecule has 106 valence electrons. The van der Waals surface area contributed by atoms with Crippen LogP contribution < -0.4 is 0 Å². The van der Waals surface area contributed by atoms with Gasteiger partial charge in [0.25, 0.3) is 0 Å². The van der Waals surface area contributed by atoms with Crippen molar-refractivity contribution < 1.29 is 4.79 Å². The Morgan fingerprint density at radius 2 is 2.15 bits per heavy atom. The minimum Gasteiger partial charge on any atom is -0.359 e. The number of aromatic nitrogens is 1. The lowest BCUT2D eigenvalue weighted by Gasteiger charge is -2.37. The molecule has 1 heterocycles. The topological polar surface area (TPSA) is 32.9 Å². The van der Waals surface area contributed by atoms with E-state index in [1.54, 1.807) is 0 Å². The molecule has 0 saturated heterocycles. The third-order valence-corrected chi connectivity index (χ3v) is 5.07. The average Bonchev–Trinajstić information content (AvgIpc) is 2.83. The van der Waals surface area contributed by atoms with Crippen molar-refractivity contribution in [3.05, 3.63) is 35.0 Å². The summed E-state index contributed by atoms with van der Waals surface area (Å²) in [5.41, 5.74) is 1.76. The summed E-state index contributed by atoms with van der Waals surface area (Å²) in [4.78, 5) is 16.1. The first-order valence-corrected chi connectivity index (χ1v) is 7.68. The van der Waals surface area contributed by atoms with Gasteiger partial charge in [-0.05, 0) is 24.3 Å². The lowest BCUT2D eigenvalue weighted by atomic mass is 9.66. The van der Waals surface area contributed by atoms with Crippen LogP contribution in [0.25, 0.3) is 10.9 Å². The highest BCUT2D eigenvalue weighted by atomic mass is 35.5. The number of fused-ring (bicyclic) bond motifs is 1. The number of carbonyl (C=O) groups is 1. The lowest BCUT2D eigenvalue weighted by molar-refractivity contribution is 0.0699. The van der Waals surface area contributed by atoms with E-state index in [1.165, 1.54) is 6.42 Å². The number of nitrogens with one attached hydrogen (secondary N) is 1. The molecular formula is C17H20ClNO. The first-order valence-electron chi connectivity index (χ1n) is 7.30. The third kappa shape index (κ3) is 2.16. The fourth-order valence-electron chi connectivity index (χ4n) is 3.49. The van der Waals surface area contributed by atoms with Crippen LogP contribution in [0.2, 0.25) is 5.02 Å². The molecule has 3 rings (SSSR count).